The number of rotatable bonds is 7. The van der Waals surface area contributed by atoms with Gasteiger partial charge < -0.3 is 10.2 Å². The van der Waals surface area contributed by atoms with Gasteiger partial charge in [0, 0.05) is 31.2 Å². The molecule has 0 spiro atoms. The van der Waals surface area contributed by atoms with E-state index in [9.17, 15) is 4.79 Å². The van der Waals surface area contributed by atoms with Crippen molar-refractivity contribution in [1.82, 2.24) is 4.90 Å². The van der Waals surface area contributed by atoms with Crippen LogP contribution in [-0.2, 0) is 11.3 Å². The van der Waals surface area contributed by atoms with Crippen molar-refractivity contribution >= 4 is 11.6 Å². The fourth-order valence-corrected chi connectivity index (χ4v) is 2.56. The average molecular weight is 310 g/mol. The van der Waals surface area contributed by atoms with E-state index in [1.807, 2.05) is 41.3 Å². The lowest BCUT2D eigenvalue weighted by molar-refractivity contribution is -0.133. The minimum Gasteiger partial charge on any atom is -0.384 e. The van der Waals surface area contributed by atoms with E-state index in [0.29, 0.717) is 19.5 Å². The number of hydrogen-bond acceptors (Lipinski definition) is 2. The monoisotopic (exact) mass is 310 g/mol. The molecule has 3 heteroatoms. The third-order valence-corrected chi connectivity index (χ3v) is 3.94. The highest BCUT2D eigenvalue weighted by Crippen LogP contribution is 2.14. The Kier molecular flexibility index (Phi) is 6.21. The Morgan fingerprint density at radius 3 is 2.35 bits per heavy atom. The van der Waals surface area contributed by atoms with E-state index < -0.39 is 0 Å². The number of nitrogens with zero attached hydrogens (tertiary/aromatic N) is 1. The number of aryl methyl sites for hydroxylation is 1. The zero-order valence-corrected chi connectivity index (χ0v) is 14.3. The van der Waals surface area contributed by atoms with Crippen LogP contribution in [0.1, 0.15) is 31.4 Å². The molecule has 23 heavy (non-hydrogen) atoms. The van der Waals surface area contributed by atoms with Crippen molar-refractivity contribution in [2.24, 2.45) is 0 Å². The Morgan fingerprint density at radius 2 is 1.70 bits per heavy atom. The maximum Gasteiger partial charge on any atom is 0.224 e. The molecule has 0 bridgehead atoms. The molecule has 1 N–H and O–H groups in total. The van der Waals surface area contributed by atoms with Crippen LogP contribution in [0.25, 0.3) is 0 Å². The second kappa shape index (κ2) is 8.37. The van der Waals surface area contributed by atoms with Crippen LogP contribution in [0.5, 0.6) is 0 Å². The summed E-state index contributed by atoms with van der Waals surface area (Å²) in [6.45, 7) is 7.52. The van der Waals surface area contributed by atoms with Crippen molar-refractivity contribution in [2.45, 2.75) is 39.8 Å². The molecule has 0 heterocycles. The van der Waals surface area contributed by atoms with Gasteiger partial charge in [0.25, 0.3) is 0 Å². The number of benzene rings is 2. The molecule has 3 nitrogen and oxygen atoms in total. The zero-order valence-electron chi connectivity index (χ0n) is 14.3. The number of para-hydroxylation sites is 1. The summed E-state index contributed by atoms with van der Waals surface area (Å²) in [5.41, 5.74) is 3.46. The van der Waals surface area contributed by atoms with Gasteiger partial charge in [-0.25, -0.2) is 0 Å². The lowest BCUT2D eigenvalue weighted by atomic mass is 10.1. The number of amides is 1. The number of anilines is 1. The highest BCUT2D eigenvalue weighted by molar-refractivity contribution is 5.77. The first-order valence-corrected chi connectivity index (χ1v) is 8.21. The molecule has 122 valence electrons. The molecule has 0 unspecified atom stereocenters. The van der Waals surface area contributed by atoms with Gasteiger partial charge in [-0.15, -0.1) is 0 Å². The zero-order chi connectivity index (χ0) is 16.7. The highest BCUT2D eigenvalue weighted by Gasteiger charge is 2.16. The van der Waals surface area contributed by atoms with Crippen LogP contribution >= 0.6 is 0 Å². The van der Waals surface area contributed by atoms with Crippen LogP contribution < -0.4 is 5.32 Å². The molecule has 0 aliphatic rings. The van der Waals surface area contributed by atoms with Gasteiger partial charge in [0.05, 0.1) is 0 Å². The average Bonchev–Trinajstić information content (AvgIpc) is 2.55. The van der Waals surface area contributed by atoms with Crippen molar-refractivity contribution in [1.29, 1.82) is 0 Å². The molecule has 0 saturated heterocycles. The van der Waals surface area contributed by atoms with E-state index in [1.54, 1.807) is 0 Å². The van der Waals surface area contributed by atoms with Gasteiger partial charge in [-0.2, -0.15) is 0 Å². The summed E-state index contributed by atoms with van der Waals surface area (Å²) in [7, 11) is 0. The first kappa shape index (κ1) is 17.1. The number of carbonyl (C=O) groups excluding carboxylic acids is 1. The molecule has 0 aliphatic heterocycles. The smallest absolute Gasteiger partial charge is 0.224 e. The summed E-state index contributed by atoms with van der Waals surface area (Å²) in [6, 6.07) is 18.5. The first-order valence-electron chi connectivity index (χ1n) is 8.21. The first-order chi connectivity index (χ1) is 11.1. The molecule has 0 radical (unpaired) electrons. The van der Waals surface area contributed by atoms with Gasteiger partial charge in [0.2, 0.25) is 5.91 Å². The van der Waals surface area contributed by atoms with E-state index in [-0.39, 0.29) is 11.9 Å². The summed E-state index contributed by atoms with van der Waals surface area (Å²) >= 11 is 0. The van der Waals surface area contributed by atoms with Crippen molar-refractivity contribution < 1.29 is 4.79 Å². The second-order valence-electron chi connectivity index (χ2n) is 6.09. The molecular formula is C20H26N2O. The van der Waals surface area contributed by atoms with Crippen LogP contribution in [0.2, 0.25) is 0 Å². The minimum atomic E-state index is 0.185. The fraction of sp³-hybridized carbons (Fsp3) is 0.350. The standard InChI is InChI=1S/C20H26N2O/c1-16(2)22(15-18-10-5-4-6-11-18)20(23)13-14-21-19-12-8-7-9-17(19)3/h4-12,16,21H,13-15H2,1-3H3. The predicted octanol–water partition coefficient (Wildman–Crippen LogP) is 4.23. The third kappa shape index (κ3) is 5.13. The van der Waals surface area contributed by atoms with Crippen molar-refractivity contribution in [2.75, 3.05) is 11.9 Å². The summed E-state index contributed by atoms with van der Waals surface area (Å²) in [4.78, 5) is 14.5. The van der Waals surface area contributed by atoms with Crippen LogP contribution in [-0.4, -0.2) is 23.4 Å². The number of nitrogens with one attached hydrogen (secondary N) is 1. The van der Waals surface area contributed by atoms with Crippen LogP contribution in [0.3, 0.4) is 0 Å². The normalized spacial score (nSPS) is 10.6. The largest absolute Gasteiger partial charge is 0.384 e. The van der Waals surface area contributed by atoms with Gasteiger partial charge in [-0.05, 0) is 38.0 Å². The van der Waals surface area contributed by atoms with E-state index in [2.05, 4.69) is 44.3 Å². The Labute approximate surface area is 139 Å². The molecule has 0 atom stereocenters. The van der Waals surface area contributed by atoms with E-state index >= 15 is 0 Å². The van der Waals surface area contributed by atoms with Gasteiger partial charge in [0.1, 0.15) is 0 Å². The SMILES string of the molecule is Cc1ccccc1NCCC(=O)N(Cc1ccccc1)C(C)C. The van der Waals surface area contributed by atoms with Crippen LogP contribution in [0.4, 0.5) is 5.69 Å². The maximum atomic E-state index is 12.6. The number of carbonyl (C=O) groups is 1. The van der Waals surface area contributed by atoms with E-state index in [4.69, 9.17) is 0 Å². The Hall–Kier alpha value is -2.29. The molecule has 2 rings (SSSR count). The summed E-state index contributed by atoms with van der Waals surface area (Å²) in [5, 5.41) is 3.35. The molecule has 0 fully saturated rings. The van der Waals surface area contributed by atoms with E-state index in [0.717, 1.165) is 5.69 Å². The molecule has 2 aromatic rings. The van der Waals surface area contributed by atoms with Crippen molar-refractivity contribution in [3.8, 4) is 0 Å². The molecular weight excluding hydrogens is 284 g/mol. The van der Waals surface area contributed by atoms with Gasteiger partial charge in [0.15, 0.2) is 0 Å². The van der Waals surface area contributed by atoms with Crippen LogP contribution in [0.15, 0.2) is 54.6 Å². The summed E-state index contributed by atoms with van der Waals surface area (Å²) < 4.78 is 0. The van der Waals surface area contributed by atoms with Crippen molar-refractivity contribution in [3.05, 3.63) is 65.7 Å². The molecule has 0 aliphatic carbocycles. The van der Waals surface area contributed by atoms with Gasteiger partial charge in [-0.1, -0.05) is 48.5 Å². The summed E-state index contributed by atoms with van der Waals surface area (Å²) in [6.07, 6.45) is 0.499. The molecule has 2 aromatic carbocycles. The highest BCUT2D eigenvalue weighted by atomic mass is 16.2. The lowest BCUT2D eigenvalue weighted by Gasteiger charge is -2.27. The van der Waals surface area contributed by atoms with Crippen LogP contribution in [0, 0.1) is 6.92 Å². The third-order valence-electron chi connectivity index (χ3n) is 3.94. The molecule has 0 aromatic heterocycles. The molecule has 0 saturated carbocycles. The fourth-order valence-electron chi connectivity index (χ4n) is 2.56. The van der Waals surface area contributed by atoms with Gasteiger partial charge >= 0.3 is 0 Å². The Balaban J connectivity index is 1.90. The topological polar surface area (TPSA) is 32.3 Å². The second-order valence-corrected chi connectivity index (χ2v) is 6.09. The molecule has 1 amide bonds. The lowest BCUT2D eigenvalue weighted by Crippen LogP contribution is -2.37. The predicted molar refractivity (Wildman–Crippen MR) is 96.4 cm³/mol. The minimum absolute atomic E-state index is 0.185. The Morgan fingerprint density at radius 1 is 1.04 bits per heavy atom. The summed E-state index contributed by atoms with van der Waals surface area (Å²) in [5.74, 6) is 0.185. The maximum absolute atomic E-state index is 12.6. The van der Waals surface area contributed by atoms with Crippen molar-refractivity contribution in [3.63, 3.8) is 0 Å². The number of hydrogen-bond donors (Lipinski definition) is 1. The Bertz CT molecular complexity index is 623. The van der Waals surface area contributed by atoms with Gasteiger partial charge in [-0.3, -0.25) is 4.79 Å². The quantitative estimate of drug-likeness (QED) is 0.830. The van der Waals surface area contributed by atoms with E-state index in [1.165, 1.54) is 11.1 Å².